The van der Waals surface area contributed by atoms with E-state index in [0.29, 0.717) is 21.8 Å². The number of carbonyl (C=O) groups is 1. The molecule has 1 aromatic carbocycles. The van der Waals surface area contributed by atoms with E-state index in [4.69, 9.17) is 11.6 Å². The maximum atomic E-state index is 12.5. The van der Waals surface area contributed by atoms with Crippen molar-refractivity contribution in [2.45, 2.75) is 37.2 Å². The van der Waals surface area contributed by atoms with Crippen molar-refractivity contribution in [1.82, 2.24) is 25.0 Å². The molecule has 0 saturated carbocycles. The highest BCUT2D eigenvalue weighted by atomic mass is 35.5. The number of hydrogen-bond acceptors (Lipinski definition) is 5. The number of rotatable bonds is 6. The number of nitrogens with zero attached hydrogens (tertiary/aromatic N) is 4. The first-order valence-electron chi connectivity index (χ1n) is 8.13. The fraction of sp³-hybridized carbons (Fsp3) is 0.294. The third-order valence-electron chi connectivity index (χ3n) is 3.64. The van der Waals surface area contributed by atoms with Crippen molar-refractivity contribution in [2.75, 3.05) is 5.32 Å². The summed E-state index contributed by atoms with van der Waals surface area (Å²) in [5.41, 5.74) is 0.881. The summed E-state index contributed by atoms with van der Waals surface area (Å²) in [4.78, 5) is 16.9. The third-order valence-corrected chi connectivity index (χ3v) is 4.86. The van der Waals surface area contributed by atoms with Gasteiger partial charge in [0.15, 0.2) is 5.82 Å². The molecule has 26 heavy (non-hydrogen) atoms. The highest BCUT2D eigenvalue weighted by Crippen LogP contribution is 2.24. The van der Waals surface area contributed by atoms with Crippen LogP contribution < -0.4 is 5.32 Å². The quantitative estimate of drug-likeness (QED) is 0.620. The molecule has 2 heterocycles. The standard InChI is InChI=1S/C17H19ClN6OS/c1-10(2)24-14(8-9-19-24)20-16(25)11(3)26-17-21-15(22-23-17)12-4-6-13(18)7-5-12/h4-11H,1-3H3,(H,20,25)(H,21,22,23)/t11-/m0/s1. The highest BCUT2D eigenvalue weighted by Gasteiger charge is 2.19. The first-order valence-corrected chi connectivity index (χ1v) is 9.39. The summed E-state index contributed by atoms with van der Waals surface area (Å²) < 4.78 is 1.76. The van der Waals surface area contributed by atoms with E-state index in [1.54, 1.807) is 29.1 Å². The van der Waals surface area contributed by atoms with Gasteiger partial charge in [-0.2, -0.15) is 5.10 Å². The molecule has 0 aliphatic rings. The lowest BCUT2D eigenvalue weighted by atomic mass is 10.2. The van der Waals surface area contributed by atoms with Gasteiger partial charge in [0.25, 0.3) is 0 Å². The van der Waals surface area contributed by atoms with Crippen molar-refractivity contribution < 1.29 is 4.79 Å². The fourth-order valence-electron chi connectivity index (χ4n) is 2.30. The normalized spacial score (nSPS) is 12.3. The highest BCUT2D eigenvalue weighted by molar-refractivity contribution is 8.00. The Kier molecular flexibility index (Phi) is 5.63. The Balaban J connectivity index is 1.64. The minimum Gasteiger partial charge on any atom is -0.310 e. The van der Waals surface area contributed by atoms with Gasteiger partial charge in [-0.25, -0.2) is 9.67 Å². The van der Waals surface area contributed by atoms with Crippen LogP contribution in [-0.4, -0.2) is 36.1 Å². The molecule has 3 aromatic rings. The van der Waals surface area contributed by atoms with Crippen LogP contribution in [0.2, 0.25) is 5.02 Å². The summed E-state index contributed by atoms with van der Waals surface area (Å²) in [6.45, 7) is 5.83. The maximum Gasteiger partial charge on any atom is 0.238 e. The van der Waals surface area contributed by atoms with E-state index < -0.39 is 0 Å². The molecule has 0 aliphatic heterocycles. The SMILES string of the molecule is CC(C)n1nccc1NC(=O)[C@H](C)Sc1n[nH]c(-c2ccc(Cl)cc2)n1. The third kappa shape index (κ3) is 4.25. The van der Waals surface area contributed by atoms with Gasteiger partial charge in [-0.3, -0.25) is 9.89 Å². The number of halogens is 1. The lowest BCUT2D eigenvalue weighted by Crippen LogP contribution is -2.24. The first-order chi connectivity index (χ1) is 12.4. The Bertz CT molecular complexity index is 889. The molecule has 0 fully saturated rings. The number of amides is 1. The van der Waals surface area contributed by atoms with Gasteiger partial charge in [-0.15, -0.1) is 5.10 Å². The van der Waals surface area contributed by atoms with E-state index in [-0.39, 0.29) is 17.2 Å². The molecule has 0 saturated heterocycles. The minimum absolute atomic E-state index is 0.129. The summed E-state index contributed by atoms with van der Waals surface area (Å²) in [7, 11) is 0. The van der Waals surface area contributed by atoms with E-state index in [0.717, 1.165) is 5.56 Å². The molecule has 1 amide bonds. The van der Waals surface area contributed by atoms with Gasteiger partial charge in [-0.1, -0.05) is 23.4 Å². The number of hydrogen-bond donors (Lipinski definition) is 2. The second kappa shape index (κ2) is 7.92. The molecule has 0 aliphatic carbocycles. The van der Waals surface area contributed by atoms with Crippen molar-refractivity contribution in [3.63, 3.8) is 0 Å². The van der Waals surface area contributed by atoms with Gasteiger partial charge in [0.05, 0.1) is 11.4 Å². The molecular formula is C17H19ClN6OS. The van der Waals surface area contributed by atoms with E-state index >= 15 is 0 Å². The lowest BCUT2D eigenvalue weighted by Gasteiger charge is -2.14. The van der Waals surface area contributed by atoms with Crippen LogP contribution in [0.3, 0.4) is 0 Å². The van der Waals surface area contributed by atoms with E-state index in [9.17, 15) is 4.79 Å². The van der Waals surface area contributed by atoms with Crippen LogP contribution in [0.5, 0.6) is 0 Å². The fourth-order valence-corrected chi connectivity index (χ4v) is 3.15. The molecule has 1 atom stereocenters. The molecule has 3 rings (SSSR count). The second-order valence-corrected chi connectivity index (χ2v) is 7.72. The smallest absolute Gasteiger partial charge is 0.238 e. The first kappa shape index (κ1) is 18.5. The molecule has 7 nitrogen and oxygen atoms in total. The zero-order valence-corrected chi connectivity index (χ0v) is 16.2. The maximum absolute atomic E-state index is 12.5. The number of aromatic amines is 1. The van der Waals surface area contributed by atoms with Crippen LogP contribution in [0, 0.1) is 0 Å². The summed E-state index contributed by atoms with van der Waals surface area (Å²) in [6, 6.07) is 9.25. The molecule has 0 bridgehead atoms. The summed E-state index contributed by atoms with van der Waals surface area (Å²) in [6.07, 6.45) is 1.67. The predicted molar refractivity (Wildman–Crippen MR) is 103 cm³/mol. The van der Waals surface area contributed by atoms with Crippen molar-refractivity contribution in [3.8, 4) is 11.4 Å². The van der Waals surface area contributed by atoms with Crippen LogP contribution in [-0.2, 0) is 4.79 Å². The Hall–Kier alpha value is -2.32. The molecule has 0 unspecified atom stereocenters. The topological polar surface area (TPSA) is 88.5 Å². The number of carbonyl (C=O) groups excluding carboxylic acids is 1. The van der Waals surface area contributed by atoms with Crippen molar-refractivity contribution >= 4 is 35.1 Å². The Morgan fingerprint density at radius 2 is 1.96 bits per heavy atom. The number of thioether (sulfide) groups is 1. The minimum atomic E-state index is -0.362. The van der Waals surface area contributed by atoms with Crippen molar-refractivity contribution in [2.24, 2.45) is 0 Å². The summed E-state index contributed by atoms with van der Waals surface area (Å²) in [5.74, 6) is 1.18. The number of benzene rings is 1. The van der Waals surface area contributed by atoms with Crippen LogP contribution >= 0.6 is 23.4 Å². The summed E-state index contributed by atoms with van der Waals surface area (Å²) in [5, 5.41) is 15.0. The molecule has 0 radical (unpaired) electrons. The van der Waals surface area contributed by atoms with Gasteiger partial charge in [-0.05, 0) is 45.0 Å². The predicted octanol–water partition coefficient (Wildman–Crippen LogP) is 4.02. The molecule has 2 aromatic heterocycles. The van der Waals surface area contributed by atoms with Crippen LogP contribution in [0.25, 0.3) is 11.4 Å². The Labute approximate surface area is 160 Å². The molecule has 136 valence electrons. The number of aromatic nitrogens is 5. The van der Waals surface area contributed by atoms with E-state index in [2.05, 4.69) is 25.6 Å². The van der Waals surface area contributed by atoms with E-state index in [1.807, 2.05) is 32.9 Å². The van der Waals surface area contributed by atoms with E-state index in [1.165, 1.54) is 11.8 Å². The van der Waals surface area contributed by atoms with Gasteiger partial charge >= 0.3 is 0 Å². The number of anilines is 1. The van der Waals surface area contributed by atoms with Crippen molar-refractivity contribution in [3.05, 3.63) is 41.6 Å². The zero-order valence-electron chi connectivity index (χ0n) is 14.6. The number of H-pyrrole nitrogens is 1. The van der Waals surface area contributed by atoms with Gasteiger partial charge in [0.1, 0.15) is 5.82 Å². The largest absolute Gasteiger partial charge is 0.310 e. The van der Waals surface area contributed by atoms with Gasteiger partial charge in [0, 0.05) is 22.7 Å². The zero-order chi connectivity index (χ0) is 18.7. The lowest BCUT2D eigenvalue weighted by molar-refractivity contribution is -0.115. The Morgan fingerprint density at radius 3 is 2.65 bits per heavy atom. The average Bonchev–Trinajstić information content (AvgIpc) is 3.25. The summed E-state index contributed by atoms with van der Waals surface area (Å²) >= 11 is 7.18. The Morgan fingerprint density at radius 1 is 1.23 bits per heavy atom. The van der Waals surface area contributed by atoms with Crippen LogP contribution in [0.15, 0.2) is 41.7 Å². The molecule has 9 heteroatoms. The van der Waals surface area contributed by atoms with Crippen LogP contribution in [0.4, 0.5) is 5.82 Å². The molecular weight excluding hydrogens is 372 g/mol. The van der Waals surface area contributed by atoms with Crippen LogP contribution in [0.1, 0.15) is 26.8 Å². The average molecular weight is 391 g/mol. The molecule has 0 spiro atoms. The van der Waals surface area contributed by atoms with Crippen molar-refractivity contribution in [1.29, 1.82) is 0 Å². The second-order valence-electron chi connectivity index (χ2n) is 5.98. The van der Waals surface area contributed by atoms with Gasteiger partial charge < -0.3 is 5.32 Å². The van der Waals surface area contributed by atoms with Gasteiger partial charge in [0.2, 0.25) is 11.1 Å². The monoisotopic (exact) mass is 390 g/mol. The number of nitrogens with one attached hydrogen (secondary N) is 2. The molecule has 2 N–H and O–H groups in total.